The Hall–Kier alpha value is -2.58. The summed E-state index contributed by atoms with van der Waals surface area (Å²) >= 11 is 5.93. The summed E-state index contributed by atoms with van der Waals surface area (Å²) in [7, 11) is -3.84. The van der Waals surface area contributed by atoms with E-state index < -0.39 is 10.0 Å². The lowest BCUT2D eigenvalue weighted by molar-refractivity contribution is 0.315. The Morgan fingerprint density at radius 2 is 2.04 bits per heavy atom. The minimum absolute atomic E-state index is 0.127. The Morgan fingerprint density at radius 3 is 2.88 bits per heavy atom. The van der Waals surface area contributed by atoms with E-state index in [0.29, 0.717) is 38.2 Å². The molecule has 0 aliphatic heterocycles. The van der Waals surface area contributed by atoms with Gasteiger partial charge in [0.25, 0.3) is 10.0 Å². The van der Waals surface area contributed by atoms with Crippen molar-refractivity contribution in [3.63, 3.8) is 0 Å². The standard InChI is InChI=1S/C15H11ClN4O3S/c1-8-2-5-11-15(19-23-18-11)14(8)20-24(21,22)13-7-17-12-6-9(16)3-4-10(12)13/h2-7,17,20H,1H3. The molecule has 122 valence electrons. The molecular formula is C15H11ClN4O3S. The van der Waals surface area contributed by atoms with Gasteiger partial charge in [-0.1, -0.05) is 17.7 Å². The van der Waals surface area contributed by atoms with Crippen molar-refractivity contribution in [2.45, 2.75) is 11.8 Å². The zero-order valence-corrected chi connectivity index (χ0v) is 13.9. The maximum absolute atomic E-state index is 12.8. The van der Waals surface area contributed by atoms with Gasteiger partial charge in [-0.2, -0.15) is 0 Å². The number of sulfonamides is 1. The molecule has 2 aromatic carbocycles. The lowest BCUT2D eigenvalue weighted by Gasteiger charge is -2.09. The van der Waals surface area contributed by atoms with Gasteiger partial charge in [0.1, 0.15) is 10.4 Å². The highest BCUT2D eigenvalue weighted by molar-refractivity contribution is 7.93. The Morgan fingerprint density at radius 1 is 1.21 bits per heavy atom. The molecule has 0 bridgehead atoms. The van der Waals surface area contributed by atoms with Crippen molar-refractivity contribution >= 4 is 49.2 Å². The average molecular weight is 363 g/mol. The summed E-state index contributed by atoms with van der Waals surface area (Å²) in [6.45, 7) is 1.78. The van der Waals surface area contributed by atoms with Gasteiger partial charge < -0.3 is 4.98 Å². The average Bonchev–Trinajstić information content (AvgIpc) is 3.16. The first-order valence-electron chi connectivity index (χ1n) is 6.97. The number of nitrogens with zero attached hydrogens (tertiary/aromatic N) is 2. The van der Waals surface area contributed by atoms with Crippen LogP contribution in [0.15, 0.2) is 46.1 Å². The van der Waals surface area contributed by atoms with Gasteiger partial charge in [0, 0.05) is 22.1 Å². The normalized spacial score (nSPS) is 12.1. The molecule has 0 aliphatic rings. The van der Waals surface area contributed by atoms with Crippen LogP contribution in [0.2, 0.25) is 5.02 Å². The maximum atomic E-state index is 12.8. The fourth-order valence-electron chi connectivity index (χ4n) is 2.56. The van der Waals surface area contributed by atoms with Crippen molar-refractivity contribution < 1.29 is 13.0 Å². The second kappa shape index (κ2) is 5.22. The fourth-order valence-corrected chi connectivity index (χ4v) is 4.05. The quantitative estimate of drug-likeness (QED) is 0.581. The second-order valence-electron chi connectivity index (χ2n) is 5.34. The predicted molar refractivity (Wildman–Crippen MR) is 90.7 cm³/mol. The number of nitrogens with one attached hydrogen (secondary N) is 2. The van der Waals surface area contributed by atoms with Gasteiger partial charge in [-0.3, -0.25) is 4.72 Å². The largest absolute Gasteiger partial charge is 0.360 e. The predicted octanol–water partition coefficient (Wildman–Crippen LogP) is 3.47. The van der Waals surface area contributed by atoms with E-state index in [9.17, 15) is 8.42 Å². The molecule has 2 aromatic heterocycles. The Bertz CT molecular complexity index is 1180. The third-order valence-electron chi connectivity index (χ3n) is 3.77. The van der Waals surface area contributed by atoms with Crippen molar-refractivity contribution in [2.75, 3.05) is 4.72 Å². The van der Waals surface area contributed by atoms with Gasteiger partial charge in [0.2, 0.25) is 0 Å². The SMILES string of the molecule is Cc1ccc2nonc2c1NS(=O)(=O)c1c[nH]c2cc(Cl)ccc12. The highest BCUT2D eigenvalue weighted by Gasteiger charge is 2.22. The highest BCUT2D eigenvalue weighted by Crippen LogP contribution is 2.30. The number of fused-ring (bicyclic) bond motifs is 2. The van der Waals surface area contributed by atoms with Crippen molar-refractivity contribution in [1.82, 2.24) is 15.3 Å². The number of aromatic amines is 1. The van der Waals surface area contributed by atoms with Gasteiger partial charge in [0.15, 0.2) is 5.52 Å². The lowest BCUT2D eigenvalue weighted by atomic mass is 10.2. The molecule has 0 fully saturated rings. The lowest BCUT2D eigenvalue weighted by Crippen LogP contribution is -2.13. The molecule has 7 nitrogen and oxygen atoms in total. The third-order valence-corrected chi connectivity index (χ3v) is 5.39. The molecule has 0 amide bonds. The molecule has 0 saturated heterocycles. The highest BCUT2D eigenvalue weighted by atomic mass is 35.5. The number of anilines is 1. The van der Waals surface area contributed by atoms with E-state index >= 15 is 0 Å². The number of rotatable bonds is 3. The number of benzene rings is 2. The first kappa shape index (κ1) is 15.0. The zero-order valence-electron chi connectivity index (χ0n) is 12.4. The summed E-state index contributed by atoms with van der Waals surface area (Å²) in [4.78, 5) is 3.04. The van der Waals surface area contributed by atoms with E-state index in [0.717, 1.165) is 0 Å². The van der Waals surface area contributed by atoms with Crippen LogP contribution in [0.25, 0.3) is 21.9 Å². The van der Waals surface area contributed by atoms with E-state index in [2.05, 4.69) is 20.0 Å². The van der Waals surface area contributed by atoms with Gasteiger partial charge in [-0.05, 0) is 47.1 Å². The summed E-state index contributed by atoms with van der Waals surface area (Å²) < 4.78 is 32.9. The molecule has 2 N–H and O–H groups in total. The van der Waals surface area contributed by atoms with Crippen LogP contribution in [0.5, 0.6) is 0 Å². The third kappa shape index (κ3) is 2.31. The van der Waals surface area contributed by atoms with Crippen molar-refractivity contribution in [3.8, 4) is 0 Å². The molecule has 4 aromatic rings. The summed E-state index contributed by atoms with van der Waals surface area (Å²) in [6.07, 6.45) is 1.43. The molecule has 0 unspecified atom stereocenters. The maximum Gasteiger partial charge on any atom is 0.264 e. The zero-order chi connectivity index (χ0) is 16.9. The van der Waals surface area contributed by atoms with E-state index in [1.54, 1.807) is 37.3 Å². The summed E-state index contributed by atoms with van der Waals surface area (Å²) in [5.74, 6) is 0. The molecule has 0 atom stereocenters. The first-order valence-corrected chi connectivity index (χ1v) is 8.83. The van der Waals surface area contributed by atoms with Crippen LogP contribution in [0.1, 0.15) is 5.56 Å². The number of H-pyrrole nitrogens is 1. The van der Waals surface area contributed by atoms with Crippen molar-refractivity contribution in [3.05, 3.63) is 47.1 Å². The summed E-state index contributed by atoms with van der Waals surface area (Å²) in [6, 6.07) is 8.44. The van der Waals surface area contributed by atoms with Crippen LogP contribution in [0, 0.1) is 6.92 Å². The van der Waals surface area contributed by atoms with E-state index in [4.69, 9.17) is 16.2 Å². The molecule has 0 aliphatic carbocycles. The smallest absolute Gasteiger partial charge is 0.264 e. The van der Waals surface area contributed by atoms with E-state index in [-0.39, 0.29) is 4.90 Å². The minimum Gasteiger partial charge on any atom is -0.360 e. The number of aryl methyl sites for hydroxylation is 1. The molecule has 0 saturated carbocycles. The van der Waals surface area contributed by atoms with Gasteiger partial charge >= 0.3 is 0 Å². The molecule has 2 heterocycles. The van der Waals surface area contributed by atoms with Crippen LogP contribution in [-0.2, 0) is 10.0 Å². The van der Waals surface area contributed by atoms with Crippen molar-refractivity contribution in [2.24, 2.45) is 0 Å². The van der Waals surface area contributed by atoms with Crippen LogP contribution < -0.4 is 4.72 Å². The minimum atomic E-state index is -3.84. The Kier molecular flexibility index (Phi) is 3.26. The van der Waals surface area contributed by atoms with E-state index in [1.807, 2.05) is 0 Å². The van der Waals surface area contributed by atoms with Gasteiger partial charge in [-0.25, -0.2) is 13.0 Å². The molecule has 4 rings (SSSR count). The molecule has 24 heavy (non-hydrogen) atoms. The fraction of sp³-hybridized carbons (Fsp3) is 0.0667. The van der Waals surface area contributed by atoms with E-state index in [1.165, 1.54) is 6.20 Å². The van der Waals surface area contributed by atoms with Gasteiger partial charge in [0.05, 0.1) is 5.69 Å². The molecule has 0 spiro atoms. The molecule has 9 heteroatoms. The molecular weight excluding hydrogens is 352 g/mol. The second-order valence-corrected chi connectivity index (χ2v) is 7.43. The summed E-state index contributed by atoms with van der Waals surface area (Å²) in [5.41, 5.74) is 2.54. The number of aromatic nitrogens is 3. The van der Waals surface area contributed by atoms with Crippen molar-refractivity contribution in [1.29, 1.82) is 0 Å². The Balaban J connectivity index is 1.85. The van der Waals surface area contributed by atoms with Crippen LogP contribution >= 0.6 is 11.6 Å². The van der Waals surface area contributed by atoms with Crippen LogP contribution in [-0.4, -0.2) is 23.7 Å². The van der Waals surface area contributed by atoms with Crippen LogP contribution in [0.4, 0.5) is 5.69 Å². The number of halogens is 1. The van der Waals surface area contributed by atoms with Crippen LogP contribution in [0.3, 0.4) is 0 Å². The Labute approximate surface area is 141 Å². The number of hydrogen-bond acceptors (Lipinski definition) is 5. The summed E-state index contributed by atoms with van der Waals surface area (Å²) in [5, 5.41) is 8.59. The number of hydrogen-bond donors (Lipinski definition) is 2. The first-order chi connectivity index (χ1) is 11.5. The molecule has 0 radical (unpaired) electrons. The van der Waals surface area contributed by atoms with Gasteiger partial charge in [-0.15, -0.1) is 0 Å². The monoisotopic (exact) mass is 362 g/mol. The topological polar surface area (TPSA) is 101 Å².